The maximum atomic E-state index is 12.5. The van der Waals surface area contributed by atoms with E-state index in [4.69, 9.17) is 9.53 Å². The summed E-state index contributed by atoms with van der Waals surface area (Å²) >= 11 is 0. The minimum atomic E-state index is -0.0802. The van der Waals surface area contributed by atoms with Gasteiger partial charge in [-0.05, 0) is 55.3 Å². The largest absolute Gasteiger partial charge is 0.383 e. The van der Waals surface area contributed by atoms with Crippen molar-refractivity contribution in [3.63, 3.8) is 0 Å². The van der Waals surface area contributed by atoms with Gasteiger partial charge in [0, 0.05) is 37.1 Å². The van der Waals surface area contributed by atoms with Crippen LogP contribution in [0.2, 0.25) is 0 Å². The number of benzene rings is 2. The summed E-state index contributed by atoms with van der Waals surface area (Å²) in [4.78, 5) is 39.9. The molecule has 168 valence electrons. The SMILES string of the molecule is COCCn1cnc2cc(Nc3ccc(C(=O)N4CCCC4)cc3)ccc2c1=O.NC=O. The zero-order chi connectivity index (χ0) is 22.9. The Morgan fingerprint density at radius 2 is 1.81 bits per heavy atom. The summed E-state index contributed by atoms with van der Waals surface area (Å²) in [5, 5.41) is 3.88. The smallest absolute Gasteiger partial charge is 0.261 e. The lowest BCUT2D eigenvalue weighted by molar-refractivity contribution is -0.106. The molecule has 3 N–H and O–H groups in total. The number of ether oxygens (including phenoxy) is 1. The average Bonchev–Trinajstić information content (AvgIpc) is 3.34. The van der Waals surface area contributed by atoms with Crippen molar-refractivity contribution in [2.75, 3.05) is 32.1 Å². The number of anilines is 2. The predicted molar refractivity (Wildman–Crippen MR) is 123 cm³/mol. The molecule has 0 spiro atoms. The van der Waals surface area contributed by atoms with Crippen LogP contribution in [0.4, 0.5) is 11.4 Å². The van der Waals surface area contributed by atoms with Crippen molar-refractivity contribution < 1.29 is 14.3 Å². The summed E-state index contributed by atoms with van der Waals surface area (Å²) in [6, 6.07) is 13.0. The topological polar surface area (TPSA) is 120 Å². The van der Waals surface area contributed by atoms with Crippen LogP contribution in [0.5, 0.6) is 0 Å². The Balaban J connectivity index is 0.000000913. The van der Waals surface area contributed by atoms with E-state index in [0.717, 1.165) is 37.3 Å². The number of nitrogens with two attached hydrogens (primary N) is 1. The Morgan fingerprint density at radius 1 is 1.16 bits per heavy atom. The van der Waals surface area contributed by atoms with E-state index in [9.17, 15) is 9.59 Å². The minimum absolute atomic E-state index is 0.0802. The van der Waals surface area contributed by atoms with E-state index in [1.54, 1.807) is 24.1 Å². The number of carbonyl (C=O) groups excluding carboxylic acids is 2. The molecule has 1 aliphatic rings. The Hall–Kier alpha value is -3.72. The molecule has 1 saturated heterocycles. The van der Waals surface area contributed by atoms with Gasteiger partial charge in [0.1, 0.15) is 0 Å². The average molecular weight is 438 g/mol. The van der Waals surface area contributed by atoms with Crippen LogP contribution in [0.25, 0.3) is 10.9 Å². The number of nitrogens with one attached hydrogen (secondary N) is 1. The van der Waals surface area contributed by atoms with Crippen LogP contribution in [0.1, 0.15) is 23.2 Å². The molecule has 0 aliphatic carbocycles. The first-order valence-corrected chi connectivity index (χ1v) is 10.4. The molecule has 2 aromatic carbocycles. The highest BCUT2D eigenvalue weighted by atomic mass is 16.5. The highest BCUT2D eigenvalue weighted by molar-refractivity contribution is 5.94. The first kappa shape index (κ1) is 23.0. The first-order chi connectivity index (χ1) is 15.6. The molecule has 1 aromatic heterocycles. The molecule has 4 rings (SSSR count). The van der Waals surface area contributed by atoms with Crippen molar-refractivity contribution in [2.24, 2.45) is 5.73 Å². The number of nitrogens with zero attached hydrogens (tertiary/aromatic N) is 3. The van der Waals surface area contributed by atoms with E-state index in [1.807, 2.05) is 41.3 Å². The molecule has 32 heavy (non-hydrogen) atoms. The number of aromatic nitrogens is 2. The summed E-state index contributed by atoms with van der Waals surface area (Å²) < 4.78 is 6.58. The van der Waals surface area contributed by atoms with Gasteiger partial charge >= 0.3 is 0 Å². The predicted octanol–water partition coefficient (Wildman–Crippen LogP) is 2.12. The molecule has 0 atom stereocenters. The number of hydrogen-bond donors (Lipinski definition) is 2. The van der Waals surface area contributed by atoms with Crippen LogP contribution < -0.4 is 16.6 Å². The zero-order valence-electron chi connectivity index (χ0n) is 18.0. The lowest BCUT2D eigenvalue weighted by atomic mass is 10.1. The van der Waals surface area contributed by atoms with Gasteiger partial charge in [-0.25, -0.2) is 4.98 Å². The van der Waals surface area contributed by atoms with Crippen molar-refractivity contribution in [1.82, 2.24) is 14.5 Å². The fraction of sp³-hybridized carbons (Fsp3) is 0.304. The summed E-state index contributed by atoms with van der Waals surface area (Å²) in [5.74, 6) is 0.0914. The van der Waals surface area contributed by atoms with Gasteiger partial charge in [-0.3, -0.25) is 19.0 Å². The highest BCUT2D eigenvalue weighted by Gasteiger charge is 2.19. The summed E-state index contributed by atoms with van der Waals surface area (Å²) in [7, 11) is 1.60. The second-order valence-corrected chi connectivity index (χ2v) is 7.31. The van der Waals surface area contributed by atoms with Gasteiger partial charge in [0.2, 0.25) is 6.41 Å². The maximum Gasteiger partial charge on any atom is 0.261 e. The molecular weight excluding hydrogens is 410 g/mol. The lowest BCUT2D eigenvalue weighted by Crippen LogP contribution is -2.27. The molecule has 2 amide bonds. The Kier molecular flexibility index (Phi) is 7.93. The monoisotopic (exact) mass is 437 g/mol. The quantitative estimate of drug-likeness (QED) is 0.570. The van der Waals surface area contributed by atoms with E-state index in [2.05, 4.69) is 16.0 Å². The number of rotatable bonds is 6. The summed E-state index contributed by atoms with van der Waals surface area (Å²) in [6.07, 6.45) is 3.96. The highest BCUT2D eigenvalue weighted by Crippen LogP contribution is 2.21. The summed E-state index contributed by atoms with van der Waals surface area (Å²) in [5.41, 5.74) is 7.13. The van der Waals surface area contributed by atoms with Crippen LogP contribution in [0.3, 0.4) is 0 Å². The van der Waals surface area contributed by atoms with Crippen molar-refractivity contribution in [3.8, 4) is 0 Å². The van der Waals surface area contributed by atoms with Crippen molar-refractivity contribution >= 4 is 34.6 Å². The molecule has 0 unspecified atom stereocenters. The van der Waals surface area contributed by atoms with Crippen molar-refractivity contribution in [2.45, 2.75) is 19.4 Å². The van der Waals surface area contributed by atoms with Crippen LogP contribution in [-0.4, -0.2) is 53.6 Å². The van der Waals surface area contributed by atoms with E-state index in [-0.39, 0.29) is 17.9 Å². The normalized spacial score (nSPS) is 12.8. The second-order valence-electron chi connectivity index (χ2n) is 7.31. The Bertz CT molecular complexity index is 1120. The number of primary amides is 1. The lowest BCUT2D eigenvalue weighted by Gasteiger charge is -2.15. The zero-order valence-corrected chi connectivity index (χ0v) is 18.0. The molecule has 9 heteroatoms. The van der Waals surface area contributed by atoms with Gasteiger partial charge in [-0.15, -0.1) is 0 Å². The maximum absolute atomic E-state index is 12.5. The van der Waals surface area contributed by atoms with Crippen molar-refractivity contribution in [1.29, 1.82) is 0 Å². The first-order valence-electron chi connectivity index (χ1n) is 10.4. The third-order valence-electron chi connectivity index (χ3n) is 5.18. The molecule has 1 aliphatic heterocycles. The fourth-order valence-electron chi connectivity index (χ4n) is 3.55. The molecule has 2 heterocycles. The molecular formula is C23H27N5O4. The minimum Gasteiger partial charge on any atom is -0.383 e. The fourth-order valence-corrected chi connectivity index (χ4v) is 3.55. The molecule has 9 nitrogen and oxygen atoms in total. The third kappa shape index (κ3) is 5.50. The molecule has 0 saturated carbocycles. The van der Waals surface area contributed by atoms with Crippen LogP contribution >= 0.6 is 0 Å². The van der Waals surface area contributed by atoms with Crippen LogP contribution in [0, 0.1) is 0 Å². The number of fused-ring (bicyclic) bond motifs is 1. The Morgan fingerprint density at radius 3 is 2.47 bits per heavy atom. The van der Waals surface area contributed by atoms with Crippen molar-refractivity contribution in [3.05, 3.63) is 64.7 Å². The number of carbonyl (C=O) groups is 2. The standard InChI is InChI=1S/C22H24N4O3.CH3NO/c1-29-13-12-26-15-23-20-14-18(8-9-19(20)22(26)28)24-17-6-4-16(5-7-17)21(27)25-10-2-3-11-25;2-1-3/h4-9,14-15,24H,2-3,10-13H2,1H3;1H,(H2,2,3). The number of amides is 2. The molecule has 3 aromatic rings. The van der Waals surface area contributed by atoms with Crippen LogP contribution in [0.15, 0.2) is 53.6 Å². The Labute approximate surface area is 185 Å². The number of hydrogen-bond acceptors (Lipinski definition) is 6. The second kappa shape index (κ2) is 11.1. The molecule has 0 bridgehead atoms. The van der Waals surface area contributed by atoms with Gasteiger partial charge < -0.3 is 20.7 Å². The van der Waals surface area contributed by atoms with E-state index in [1.165, 1.54) is 0 Å². The number of likely N-dealkylation sites (tertiary alicyclic amines) is 1. The molecule has 1 fully saturated rings. The van der Waals surface area contributed by atoms with E-state index < -0.39 is 0 Å². The number of methoxy groups -OCH3 is 1. The van der Waals surface area contributed by atoms with Gasteiger partial charge in [0.25, 0.3) is 11.5 Å². The van der Waals surface area contributed by atoms with Gasteiger partial charge in [-0.2, -0.15) is 0 Å². The van der Waals surface area contributed by atoms with Gasteiger partial charge in [0.05, 0.1) is 30.4 Å². The van der Waals surface area contributed by atoms with Gasteiger partial charge in [-0.1, -0.05) is 0 Å². The van der Waals surface area contributed by atoms with Crippen LogP contribution in [-0.2, 0) is 16.1 Å². The molecule has 0 radical (unpaired) electrons. The third-order valence-corrected chi connectivity index (χ3v) is 5.18. The van der Waals surface area contributed by atoms with E-state index in [0.29, 0.717) is 29.6 Å². The van der Waals surface area contributed by atoms with Gasteiger partial charge in [0.15, 0.2) is 0 Å². The van der Waals surface area contributed by atoms with E-state index >= 15 is 0 Å². The summed E-state index contributed by atoms with van der Waals surface area (Å²) in [6.45, 7) is 2.62.